The van der Waals surface area contributed by atoms with Gasteiger partial charge in [0.2, 0.25) is 11.8 Å². The Bertz CT molecular complexity index is 701. The second kappa shape index (κ2) is 9.70. The molecule has 2 aliphatic rings. The van der Waals surface area contributed by atoms with Gasteiger partial charge in [-0.15, -0.1) is 0 Å². The van der Waals surface area contributed by atoms with E-state index >= 15 is 0 Å². The van der Waals surface area contributed by atoms with Crippen molar-refractivity contribution in [2.45, 2.75) is 58.5 Å². The van der Waals surface area contributed by atoms with Crippen LogP contribution in [-0.2, 0) is 16.0 Å². The minimum Gasteiger partial charge on any atom is -0.352 e. The second-order valence-corrected chi connectivity index (χ2v) is 8.78. The molecular formula is C23H34FN3O2. The van der Waals surface area contributed by atoms with Crippen molar-refractivity contribution in [2.24, 2.45) is 11.8 Å². The average Bonchev–Trinajstić information content (AvgIpc) is 2.72. The van der Waals surface area contributed by atoms with Gasteiger partial charge in [0.25, 0.3) is 0 Å². The van der Waals surface area contributed by atoms with E-state index in [1.807, 2.05) is 11.8 Å². The molecule has 1 saturated carbocycles. The summed E-state index contributed by atoms with van der Waals surface area (Å²) < 4.78 is 13.0. The highest BCUT2D eigenvalue weighted by molar-refractivity contribution is 5.82. The molecule has 2 amide bonds. The second-order valence-electron chi connectivity index (χ2n) is 8.78. The third-order valence-electron chi connectivity index (χ3n) is 6.90. The molecule has 1 saturated heterocycles. The Morgan fingerprint density at radius 2 is 1.76 bits per heavy atom. The average molecular weight is 404 g/mol. The van der Waals surface area contributed by atoms with Crippen molar-refractivity contribution in [2.75, 3.05) is 26.2 Å². The van der Waals surface area contributed by atoms with E-state index in [-0.39, 0.29) is 36.1 Å². The fraction of sp³-hybridized carbons (Fsp3) is 0.652. The van der Waals surface area contributed by atoms with Crippen LogP contribution in [0.4, 0.5) is 4.39 Å². The van der Waals surface area contributed by atoms with Crippen LogP contribution in [0, 0.1) is 17.7 Å². The zero-order chi connectivity index (χ0) is 21.0. The molecule has 1 N–H and O–H groups in total. The van der Waals surface area contributed by atoms with Crippen LogP contribution in [0.1, 0.15) is 45.6 Å². The Hall–Kier alpha value is -1.95. The van der Waals surface area contributed by atoms with E-state index in [4.69, 9.17) is 0 Å². The standard InChI is InChI=1S/C23H34FN3O2/c1-16-5-4-6-21(17(16)2)25-23(29)18(3)26-11-13-27(14-12-26)22(28)15-19-7-9-20(24)10-8-19/h7-10,16-18,21H,4-6,11-15H2,1-3H3,(H,25,29). The van der Waals surface area contributed by atoms with E-state index < -0.39 is 0 Å². The zero-order valence-electron chi connectivity index (χ0n) is 17.9. The topological polar surface area (TPSA) is 52.7 Å². The summed E-state index contributed by atoms with van der Waals surface area (Å²) in [6, 6.07) is 6.16. The lowest BCUT2D eigenvalue weighted by atomic mass is 9.78. The first kappa shape index (κ1) is 21.8. The molecule has 0 bridgehead atoms. The Morgan fingerprint density at radius 1 is 1.10 bits per heavy atom. The van der Waals surface area contributed by atoms with Crippen molar-refractivity contribution in [1.82, 2.24) is 15.1 Å². The Morgan fingerprint density at radius 3 is 2.41 bits per heavy atom. The highest BCUT2D eigenvalue weighted by atomic mass is 19.1. The quantitative estimate of drug-likeness (QED) is 0.823. The van der Waals surface area contributed by atoms with Crippen LogP contribution in [0.2, 0.25) is 0 Å². The molecule has 1 aliphatic carbocycles. The predicted molar refractivity (Wildman–Crippen MR) is 112 cm³/mol. The smallest absolute Gasteiger partial charge is 0.237 e. The van der Waals surface area contributed by atoms with Crippen LogP contribution in [0.5, 0.6) is 0 Å². The van der Waals surface area contributed by atoms with Gasteiger partial charge in [-0.25, -0.2) is 4.39 Å². The lowest BCUT2D eigenvalue weighted by molar-refractivity contribution is -0.133. The van der Waals surface area contributed by atoms with E-state index in [9.17, 15) is 14.0 Å². The van der Waals surface area contributed by atoms with Gasteiger partial charge in [-0.05, 0) is 42.9 Å². The molecule has 3 rings (SSSR count). The molecule has 0 aromatic heterocycles. The van der Waals surface area contributed by atoms with Crippen molar-refractivity contribution < 1.29 is 14.0 Å². The number of halogens is 1. The molecule has 0 radical (unpaired) electrons. The summed E-state index contributed by atoms with van der Waals surface area (Å²) in [5.41, 5.74) is 0.822. The molecule has 1 heterocycles. The van der Waals surface area contributed by atoms with Gasteiger partial charge in [0, 0.05) is 32.2 Å². The lowest BCUT2D eigenvalue weighted by Gasteiger charge is -2.39. The fourth-order valence-corrected chi connectivity index (χ4v) is 4.50. The normalized spacial score (nSPS) is 26.8. The summed E-state index contributed by atoms with van der Waals surface area (Å²) in [4.78, 5) is 29.3. The molecule has 160 valence electrons. The molecule has 1 aromatic carbocycles. The Kier molecular flexibility index (Phi) is 7.28. The van der Waals surface area contributed by atoms with Crippen molar-refractivity contribution in [3.8, 4) is 0 Å². The van der Waals surface area contributed by atoms with E-state index in [2.05, 4.69) is 24.1 Å². The van der Waals surface area contributed by atoms with Crippen LogP contribution >= 0.6 is 0 Å². The first-order valence-corrected chi connectivity index (χ1v) is 10.9. The van der Waals surface area contributed by atoms with Gasteiger partial charge in [-0.1, -0.05) is 38.8 Å². The third kappa shape index (κ3) is 5.56. The van der Waals surface area contributed by atoms with Gasteiger partial charge in [-0.3, -0.25) is 14.5 Å². The number of hydrogen-bond donors (Lipinski definition) is 1. The number of hydrogen-bond acceptors (Lipinski definition) is 3. The van der Waals surface area contributed by atoms with Crippen molar-refractivity contribution in [3.05, 3.63) is 35.6 Å². The number of benzene rings is 1. The molecule has 5 nitrogen and oxygen atoms in total. The summed E-state index contributed by atoms with van der Waals surface area (Å²) in [5, 5.41) is 3.28. The number of nitrogens with one attached hydrogen (secondary N) is 1. The molecule has 4 unspecified atom stereocenters. The number of rotatable bonds is 5. The molecule has 1 aromatic rings. The molecule has 29 heavy (non-hydrogen) atoms. The monoisotopic (exact) mass is 403 g/mol. The summed E-state index contributed by atoms with van der Waals surface area (Å²) in [5.74, 6) is 1.03. The fourth-order valence-electron chi connectivity index (χ4n) is 4.50. The van der Waals surface area contributed by atoms with Crippen LogP contribution < -0.4 is 5.32 Å². The molecule has 0 spiro atoms. The van der Waals surface area contributed by atoms with Gasteiger partial charge >= 0.3 is 0 Å². The first-order valence-electron chi connectivity index (χ1n) is 10.9. The van der Waals surface area contributed by atoms with Crippen LogP contribution in [-0.4, -0.2) is 59.9 Å². The van der Waals surface area contributed by atoms with Crippen LogP contribution in [0.15, 0.2) is 24.3 Å². The first-order chi connectivity index (χ1) is 13.8. The summed E-state index contributed by atoms with van der Waals surface area (Å²) in [6.45, 7) is 9.10. The zero-order valence-corrected chi connectivity index (χ0v) is 17.9. The largest absolute Gasteiger partial charge is 0.352 e. The van der Waals surface area contributed by atoms with Crippen molar-refractivity contribution in [3.63, 3.8) is 0 Å². The number of carbonyl (C=O) groups excluding carboxylic acids is 2. The Labute approximate surface area is 173 Å². The molecular weight excluding hydrogens is 369 g/mol. The number of nitrogens with zero attached hydrogens (tertiary/aromatic N) is 2. The van der Waals surface area contributed by atoms with E-state index in [0.717, 1.165) is 12.0 Å². The van der Waals surface area contributed by atoms with Gasteiger partial charge in [-0.2, -0.15) is 0 Å². The van der Waals surface area contributed by atoms with Gasteiger partial charge < -0.3 is 10.2 Å². The summed E-state index contributed by atoms with van der Waals surface area (Å²) in [7, 11) is 0. The number of amides is 2. The lowest BCUT2D eigenvalue weighted by Crippen LogP contribution is -2.57. The maximum atomic E-state index is 13.0. The van der Waals surface area contributed by atoms with E-state index in [1.54, 1.807) is 12.1 Å². The van der Waals surface area contributed by atoms with Gasteiger partial charge in [0.1, 0.15) is 5.82 Å². The predicted octanol–water partition coefficient (Wildman–Crippen LogP) is 2.84. The van der Waals surface area contributed by atoms with Gasteiger partial charge in [0.05, 0.1) is 12.5 Å². The Balaban J connectivity index is 1.46. The van der Waals surface area contributed by atoms with Gasteiger partial charge in [0.15, 0.2) is 0 Å². The summed E-state index contributed by atoms with van der Waals surface area (Å²) in [6.07, 6.45) is 3.78. The molecule has 6 heteroatoms. The third-order valence-corrected chi connectivity index (χ3v) is 6.90. The van der Waals surface area contributed by atoms with Crippen LogP contribution in [0.25, 0.3) is 0 Å². The highest BCUT2D eigenvalue weighted by Crippen LogP contribution is 2.29. The SMILES string of the molecule is CC1CCCC(NC(=O)C(C)N2CCN(C(=O)Cc3ccc(F)cc3)CC2)C1C. The molecule has 1 aliphatic heterocycles. The van der Waals surface area contributed by atoms with Crippen molar-refractivity contribution in [1.29, 1.82) is 0 Å². The minimum atomic E-state index is -0.292. The van der Waals surface area contributed by atoms with E-state index in [0.29, 0.717) is 38.0 Å². The minimum absolute atomic E-state index is 0.0541. The maximum Gasteiger partial charge on any atom is 0.237 e. The summed E-state index contributed by atoms with van der Waals surface area (Å²) >= 11 is 0. The van der Waals surface area contributed by atoms with Crippen molar-refractivity contribution >= 4 is 11.8 Å². The maximum absolute atomic E-state index is 13.0. The highest BCUT2D eigenvalue weighted by Gasteiger charge is 2.32. The van der Waals surface area contributed by atoms with Crippen LogP contribution in [0.3, 0.4) is 0 Å². The van der Waals surface area contributed by atoms with E-state index in [1.165, 1.54) is 25.0 Å². The molecule has 2 fully saturated rings. The number of carbonyl (C=O) groups is 2. The molecule has 4 atom stereocenters. The number of piperazine rings is 1.